The maximum absolute atomic E-state index is 13.3. The topological polar surface area (TPSA) is 80.8 Å². The summed E-state index contributed by atoms with van der Waals surface area (Å²) in [4.78, 5) is 32.5. The lowest BCUT2D eigenvalue weighted by molar-refractivity contribution is -0.125. The van der Waals surface area contributed by atoms with Crippen molar-refractivity contribution in [1.82, 2.24) is 4.98 Å². The Hall–Kier alpha value is -3.39. The zero-order valence-corrected chi connectivity index (χ0v) is 19.0. The number of piperidine rings is 1. The molecule has 2 heterocycles. The number of thiazole rings is 1. The van der Waals surface area contributed by atoms with Gasteiger partial charge in [0.25, 0.3) is 0 Å². The molecule has 0 saturated carbocycles. The molecule has 8 heteroatoms. The van der Waals surface area contributed by atoms with Crippen molar-refractivity contribution in [2.75, 3.05) is 24.4 Å². The molecule has 32 heavy (non-hydrogen) atoms. The Morgan fingerprint density at radius 1 is 1.06 bits per heavy atom. The van der Waals surface area contributed by atoms with Gasteiger partial charge in [0.1, 0.15) is 11.5 Å². The van der Waals surface area contributed by atoms with Crippen molar-refractivity contribution >= 4 is 34.0 Å². The number of nitrogens with one attached hydrogen (secondary N) is 1. The number of anilines is 2. The molecule has 3 aromatic rings. The first-order chi connectivity index (χ1) is 15.5. The van der Waals surface area contributed by atoms with Crippen molar-refractivity contribution in [1.29, 1.82) is 0 Å². The minimum absolute atomic E-state index is 0.0230. The molecule has 1 aromatic heterocycles. The molecule has 7 nitrogen and oxygen atoms in total. The summed E-state index contributed by atoms with van der Waals surface area (Å²) in [5.74, 6) is 0.808. The third-order valence-corrected chi connectivity index (χ3v) is 6.47. The van der Waals surface area contributed by atoms with Gasteiger partial charge in [-0.1, -0.05) is 12.1 Å². The third kappa shape index (κ3) is 4.45. The average molecular weight is 452 g/mol. The molecule has 0 radical (unpaired) electrons. The van der Waals surface area contributed by atoms with E-state index in [1.807, 2.05) is 60.8 Å². The third-order valence-electron chi connectivity index (χ3n) is 5.59. The summed E-state index contributed by atoms with van der Waals surface area (Å²) < 4.78 is 10.6. The van der Waals surface area contributed by atoms with Gasteiger partial charge in [0.15, 0.2) is 5.13 Å². The zero-order chi connectivity index (χ0) is 22.7. The number of aromatic nitrogens is 1. The van der Waals surface area contributed by atoms with Crippen LogP contribution in [0.3, 0.4) is 0 Å². The Bertz CT molecular complexity index is 1100. The highest BCUT2D eigenvalue weighted by Crippen LogP contribution is 2.41. The fourth-order valence-electron chi connectivity index (χ4n) is 4.01. The number of methoxy groups -OCH3 is 2. The van der Waals surface area contributed by atoms with Gasteiger partial charge < -0.3 is 19.7 Å². The van der Waals surface area contributed by atoms with Crippen LogP contribution < -0.4 is 19.7 Å². The van der Waals surface area contributed by atoms with Crippen LogP contribution >= 0.6 is 11.3 Å². The van der Waals surface area contributed by atoms with Crippen molar-refractivity contribution < 1.29 is 19.1 Å². The number of benzene rings is 2. The molecule has 1 N–H and O–H groups in total. The van der Waals surface area contributed by atoms with E-state index in [9.17, 15) is 9.59 Å². The van der Waals surface area contributed by atoms with E-state index in [0.29, 0.717) is 23.1 Å². The van der Waals surface area contributed by atoms with Crippen LogP contribution in [0.1, 0.15) is 30.1 Å². The number of aryl methyl sites for hydroxylation is 1. The van der Waals surface area contributed by atoms with Gasteiger partial charge in [-0.3, -0.25) is 9.59 Å². The average Bonchev–Trinajstić information content (AvgIpc) is 3.23. The van der Waals surface area contributed by atoms with Crippen LogP contribution in [0.4, 0.5) is 10.8 Å². The zero-order valence-electron chi connectivity index (χ0n) is 18.2. The smallest absolute Gasteiger partial charge is 0.231 e. The van der Waals surface area contributed by atoms with Crippen LogP contribution in [0.15, 0.2) is 53.9 Å². The van der Waals surface area contributed by atoms with Gasteiger partial charge in [0.2, 0.25) is 11.8 Å². The summed E-state index contributed by atoms with van der Waals surface area (Å²) in [7, 11) is 3.21. The minimum atomic E-state index is -0.461. The number of hydrogen-bond acceptors (Lipinski definition) is 6. The van der Waals surface area contributed by atoms with E-state index in [1.165, 1.54) is 11.3 Å². The molecule has 0 aliphatic carbocycles. The van der Waals surface area contributed by atoms with E-state index in [4.69, 9.17) is 9.47 Å². The quantitative estimate of drug-likeness (QED) is 0.593. The second kappa shape index (κ2) is 9.40. The van der Waals surface area contributed by atoms with E-state index in [0.717, 1.165) is 16.9 Å². The van der Waals surface area contributed by atoms with Gasteiger partial charge in [-0.25, -0.2) is 4.98 Å². The lowest BCUT2D eigenvalue weighted by atomic mass is 9.83. The molecule has 2 amide bonds. The lowest BCUT2D eigenvalue weighted by Gasteiger charge is -2.40. The van der Waals surface area contributed by atoms with E-state index in [1.54, 1.807) is 19.1 Å². The van der Waals surface area contributed by atoms with Crippen LogP contribution in [0.5, 0.6) is 11.5 Å². The molecule has 1 fully saturated rings. The Kier molecular flexibility index (Phi) is 6.41. The summed E-state index contributed by atoms with van der Waals surface area (Å²) in [5.41, 5.74) is 2.44. The first kappa shape index (κ1) is 21.8. The van der Waals surface area contributed by atoms with Crippen molar-refractivity contribution in [3.05, 3.63) is 65.2 Å². The second-order valence-corrected chi connectivity index (χ2v) is 8.47. The fraction of sp³-hybridized carbons (Fsp3) is 0.292. The number of hydrogen-bond donors (Lipinski definition) is 1. The number of carbonyl (C=O) groups is 2. The van der Waals surface area contributed by atoms with Crippen LogP contribution in [-0.2, 0) is 9.59 Å². The summed E-state index contributed by atoms with van der Waals surface area (Å²) in [5, 5.41) is 5.40. The van der Waals surface area contributed by atoms with Gasteiger partial charge in [-0.05, 0) is 55.3 Å². The molecular formula is C24H25N3O4S. The largest absolute Gasteiger partial charge is 0.497 e. The van der Waals surface area contributed by atoms with Crippen LogP contribution in [0, 0.1) is 12.8 Å². The van der Waals surface area contributed by atoms with Crippen molar-refractivity contribution in [2.24, 2.45) is 5.92 Å². The molecule has 2 unspecified atom stereocenters. The van der Waals surface area contributed by atoms with Crippen molar-refractivity contribution in [3.8, 4) is 11.5 Å². The number of nitrogens with zero attached hydrogens (tertiary/aromatic N) is 2. The Labute approximate surface area is 191 Å². The monoisotopic (exact) mass is 451 g/mol. The van der Waals surface area contributed by atoms with E-state index >= 15 is 0 Å². The fourth-order valence-corrected chi connectivity index (χ4v) is 4.70. The van der Waals surface area contributed by atoms with Gasteiger partial charge in [-0.2, -0.15) is 0 Å². The summed E-state index contributed by atoms with van der Waals surface area (Å²) >= 11 is 1.39. The van der Waals surface area contributed by atoms with Gasteiger partial charge in [0, 0.05) is 17.5 Å². The van der Waals surface area contributed by atoms with Crippen LogP contribution in [0.2, 0.25) is 0 Å². The number of rotatable bonds is 6. The predicted molar refractivity (Wildman–Crippen MR) is 124 cm³/mol. The van der Waals surface area contributed by atoms with E-state index < -0.39 is 12.0 Å². The van der Waals surface area contributed by atoms with Crippen LogP contribution in [-0.4, -0.2) is 31.0 Å². The molecule has 1 aliphatic heterocycles. The highest BCUT2D eigenvalue weighted by Gasteiger charge is 2.41. The highest BCUT2D eigenvalue weighted by molar-refractivity contribution is 7.13. The molecule has 1 aliphatic rings. The lowest BCUT2D eigenvalue weighted by Crippen LogP contribution is -2.46. The van der Waals surface area contributed by atoms with E-state index in [2.05, 4.69) is 10.3 Å². The molecule has 1 saturated heterocycles. The maximum Gasteiger partial charge on any atom is 0.231 e. The van der Waals surface area contributed by atoms with Crippen LogP contribution in [0.25, 0.3) is 0 Å². The highest BCUT2D eigenvalue weighted by atomic mass is 32.1. The van der Waals surface area contributed by atoms with Crippen molar-refractivity contribution in [2.45, 2.75) is 25.8 Å². The van der Waals surface area contributed by atoms with Gasteiger partial charge >= 0.3 is 0 Å². The standard InChI is InChI=1S/C24H25N3O4S/c1-15-14-32-24(25-15)26-23(29)20-12-13-21(28)27(17-6-10-19(31-3)11-7-17)22(20)16-4-8-18(30-2)9-5-16/h4-11,14,20,22H,12-13H2,1-3H3,(H,25,26,29). The molecule has 2 aromatic carbocycles. The Balaban J connectivity index is 1.73. The van der Waals surface area contributed by atoms with Gasteiger partial charge in [0.05, 0.1) is 31.9 Å². The Morgan fingerprint density at radius 2 is 1.69 bits per heavy atom. The Morgan fingerprint density at radius 3 is 2.25 bits per heavy atom. The normalized spacial score (nSPS) is 18.3. The van der Waals surface area contributed by atoms with E-state index in [-0.39, 0.29) is 18.2 Å². The molecule has 2 atom stereocenters. The maximum atomic E-state index is 13.3. The minimum Gasteiger partial charge on any atom is -0.497 e. The SMILES string of the molecule is COc1ccc(C2C(C(=O)Nc3nc(C)cs3)CCC(=O)N2c2ccc(OC)cc2)cc1. The summed E-state index contributed by atoms with van der Waals surface area (Å²) in [6.45, 7) is 1.89. The first-order valence-corrected chi connectivity index (χ1v) is 11.2. The first-order valence-electron chi connectivity index (χ1n) is 10.3. The number of amides is 2. The molecule has 0 bridgehead atoms. The number of ether oxygens (including phenoxy) is 2. The van der Waals surface area contributed by atoms with Crippen molar-refractivity contribution in [3.63, 3.8) is 0 Å². The number of carbonyl (C=O) groups excluding carboxylic acids is 2. The molecule has 4 rings (SSSR count). The second-order valence-electron chi connectivity index (χ2n) is 7.61. The molecule has 0 spiro atoms. The predicted octanol–water partition coefficient (Wildman–Crippen LogP) is 4.59. The summed E-state index contributed by atoms with van der Waals surface area (Å²) in [6, 6.07) is 14.4. The molecular weight excluding hydrogens is 426 g/mol. The van der Waals surface area contributed by atoms with Gasteiger partial charge in [-0.15, -0.1) is 11.3 Å². The summed E-state index contributed by atoms with van der Waals surface area (Å²) in [6.07, 6.45) is 0.742. The molecule has 166 valence electrons.